The zero-order valence-electron chi connectivity index (χ0n) is 18.5. The van der Waals surface area contributed by atoms with Crippen molar-refractivity contribution in [1.29, 1.82) is 0 Å². The van der Waals surface area contributed by atoms with Gasteiger partial charge in [-0.2, -0.15) is 5.10 Å². The predicted octanol–water partition coefficient (Wildman–Crippen LogP) is 4.96. The van der Waals surface area contributed by atoms with Gasteiger partial charge in [0.2, 0.25) is 0 Å². The molecule has 1 unspecified atom stereocenters. The Kier molecular flexibility index (Phi) is 6.43. The first-order valence-corrected chi connectivity index (χ1v) is 12.0. The molecule has 1 saturated heterocycles. The maximum absolute atomic E-state index is 13.5. The summed E-state index contributed by atoms with van der Waals surface area (Å²) in [6.07, 6.45) is 0.876. The van der Waals surface area contributed by atoms with Crippen molar-refractivity contribution >= 4 is 29.1 Å². The van der Waals surface area contributed by atoms with Crippen LogP contribution >= 0.6 is 23.2 Å². The summed E-state index contributed by atoms with van der Waals surface area (Å²) in [6.45, 7) is 7.02. The molecule has 0 aliphatic carbocycles. The Morgan fingerprint density at radius 2 is 1.82 bits per heavy atom. The molecule has 5 rings (SSSR count). The lowest BCUT2D eigenvalue weighted by atomic mass is 9.95. The molecular weight excluding hydrogens is 459 g/mol. The lowest BCUT2D eigenvalue weighted by Crippen LogP contribution is -2.38. The molecule has 6 nitrogen and oxygen atoms in total. The van der Waals surface area contributed by atoms with Gasteiger partial charge in [-0.05, 0) is 31.0 Å². The van der Waals surface area contributed by atoms with Gasteiger partial charge in [-0.3, -0.25) is 14.8 Å². The number of ether oxygens (including phenoxy) is 1. The van der Waals surface area contributed by atoms with Crippen LogP contribution in [0.1, 0.15) is 39.6 Å². The number of aryl methyl sites for hydroxylation is 1. The third-order valence-corrected chi connectivity index (χ3v) is 7.16. The second-order valence-electron chi connectivity index (χ2n) is 8.61. The number of hydrogen-bond acceptors (Lipinski definition) is 4. The van der Waals surface area contributed by atoms with Crippen LogP contribution in [0.3, 0.4) is 0 Å². The summed E-state index contributed by atoms with van der Waals surface area (Å²) in [6, 6.07) is 13.5. The fraction of sp³-hybridized carbons (Fsp3) is 0.360. The molecule has 2 aliphatic heterocycles. The molecular formula is C25H26Cl2N4O2. The smallest absolute Gasteiger partial charge is 0.273 e. The number of carbonyl (C=O) groups excluding carboxylic acids is 1. The van der Waals surface area contributed by atoms with Gasteiger partial charge in [0.15, 0.2) is 0 Å². The summed E-state index contributed by atoms with van der Waals surface area (Å²) in [5.41, 5.74) is 5.32. The van der Waals surface area contributed by atoms with E-state index >= 15 is 0 Å². The molecule has 8 heteroatoms. The highest BCUT2D eigenvalue weighted by Crippen LogP contribution is 2.43. The van der Waals surface area contributed by atoms with Crippen LogP contribution < -0.4 is 0 Å². The summed E-state index contributed by atoms with van der Waals surface area (Å²) < 4.78 is 5.45. The Morgan fingerprint density at radius 1 is 1.06 bits per heavy atom. The molecule has 0 radical (unpaired) electrons. The zero-order valence-corrected chi connectivity index (χ0v) is 20.0. The number of morpholine rings is 1. The molecule has 1 amide bonds. The highest BCUT2D eigenvalue weighted by molar-refractivity contribution is 6.42. The van der Waals surface area contributed by atoms with Crippen molar-refractivity contribution in [2.24, 2.45) is 0 Å². The van der Waals surface area contributed by atoms with Crippen LogP contribution in [0.2, 0.25) is 10.0 Å². The number of aromatic amines is 1. The minimum atomic E-state index is -0.276. The largest absolute Gasteiger partial charge is 0.379 e. The number of benzene rings is 2. The zero-order chi connectivity index (χ0) is 22.9. The van der Waals surface area contributed by atoms with Crippen molar-refractivity contribution in [3.8, 4) is 11.3 Å². The number of aromatic nitrogens is 2. The molecule has 0 saturated carbocycles. The second-order valence-corrected chi connectivity index (χ2v) is 9.42. The fourth-order valence-electron chi connectivity index (χ4n) is 4.68. The molecule has 1 atom stereocenters. The van der Waals surface area contributed by atoms with Gasteiger partial charge in [-0.25, -0.2) is 0 Å². The molecule has 1 fully saturated rings. The Balaban J connectivity index is 1.49. The highest BCUT2D eigenvalue weighted by atomic mass is 35.5. The Bertz CT molecular complexity index is 1160. The lowest BCUT2D eigenvalue weighted by molar-refractivity contribution is 0.0354. The molecule has 172 valence electrons. The Morgan fingerprint density at radius 3 is 2.55 bits per heavy atom. The van der Waals surface area contributed by atoms with Crippen LogP contribution in [0.15, 0.2) is 42.5 Å². The van der Waals surface area contributed by atoms with Crippen molar-refractivity contribution in [1.82, 2.24) is 20.0 Å². The summed E-state index contributed by atoms with van der Waals surface area (Å²) in [7, 11) is 0. The minimum Gasteiger partial charge on any atom is -0.379 e. The first-order valence-electron chi connectivity index (χ1n) is 11.2. The van der Waals surface area contributed by atoms with Crippen molar-refractivity contribution in [2.45, 2.75) is 19.4 Å². The van der Waals surface area contributed by atoms with Gasteiger partial charge < -0.3 is 9.64 Å². The number of H-pyrrole nitrogens is 1. The maximum Gasteiger partial charge on any atom is 0.273 e. The van der Waals surface area contributed by atoms with Gasteiger partial charge in [0.25, 0.3) is 5.91 Å². The standard InChI is InChI=1S/C25H26Cl2N4O2/c1-16-3-5-17(6-4-16)22-21-23(29-28-22)25(32)31(10-2-9-30-11-13-33-14-12-30)24(21)18-7-8-19(26)20(27)15-18/h3-8,15,24H,2,9-14H2,1H3,(H,28,29). The van der Waals surface area contributed by atoms with Crippen LogP contribution in [-0.4, -0.2) is 65.3 Å². The van der Waals surface area contributed by atoms with Gasteiger partial charge in [-0.1, -0.05) is 59.1 Å². The van der Waals surface area contributed by atoms with Crippen LogP contribution in [0.4, 0.5) is 0 Å². The van der Waals surface area contributed by atoms with Crippen molar-refractivity contribution in [2.75, 3.05) is 39.4 Å². The molecule has 1 aromatic heterocycles. The Labute approximate surface area is 203 Å². The van der Waals surface area contributed by atoms with E-state index in [0.717, 1.165) is 61.7 Å². The molecule has 0 spiro atoms. The average Bonchev–Trinajstić information content (AvgIpc) is 3.36. The first kappa shape index (κ1) is 22.4. The second kappa shape index (κ2) is 9.47. The maximum atomic E-state index is 13.5. The normalized spacial score (nSPS) is 18.7. The Hall–Kier alpha value is -2.38. The number of nitrogens with one attached hydrogen (secondary N) is 1. The fourth-order valence-corrected chi connectivity index (χ4v) is 4.98. The number of rotatable bonds is 6. The molecule has 33 heavy (non-hydrogen) atoms. The third-order valence-electron chi connectivity index (χ3n) is 6.43. The van der Waals surface area contributed by atoms with Crippen LogP contribution in [0, 0.1) is 6.92 Å². The first-order chi connectivity index (χ1) is 16.0. The van der Waals surface area contributed by atoms with Crippen LogP contribution in [0.25, 0.3) is 11.3 Å². The quantitative estimate of drug-likeness (QED) is 0.536. The predicted molar refractivity (Wildman–Crippen MR) is 130 cm³/mol. The monoisotopic (exact) mass is 484 g/mol. The van der Waals surface area contributed by atoms with Crippen LogP contribution in [0.5, 0.6) is 0 Å². The summed E-state index contributed by atoms with van der Waals surface area (Å²) in [5, 5.41) is 8.53. The molecule has 3 heterocycles. The summed E-state index contributed by atoms with van der Waals surface area (Å²) in [5.74, 6) is -0.0334. The minimum absolute atomic E-state index is 0.0334. The topological polar surface area (TPSA) is 61.5 Å². The number of amides is 1. The van der Waals surface area contributed by atoms with E-state index in [0.29, 0.717) is 22.3 Å². The van der Waals surface area contributed by atoms with Gasteiger partial charge in [0.1, 0.15) is 5.69 Å². The highest BCUT2D eigenvalue weighted by Gasteiger charge is 2.42. The molecule has 0 bridgehead atoms. The summed E-state index contributed by atoms with van der Waals surface area (Å²) >= 11 is 12.6. The van der Waals surface area contributed by atoms with E-state index < -0.39 is 0 Å². The van der Waals surface area contributed by atoms with E-state index in [2.05, 4.69) is 34.2 Å². The van der Waals surface area contributed by atoms with E-state index in [9.17, 15) is 4.79 Å². The third kappa shape index (κ3) is 4.41. The lowest BCUT2D eigenvalue weighted by Gasteiger charge is -2.30. The van der Waals surface area contributed by atoms with E-state index in [1.165, 1.54) is 5.56 Å². The van der Waals surface area contributed by atoms with Gasteiger partial charge in [-0.15, -0.1) is 0 Å². The molecule has 2 aromatic carbocycles. The van der Waals surface area contributed by atoms with Crippen molar-refractivity contribution < 1.29 is 9.53 Å². The van der Waals surface area contributed by atoms with E-state index in [-0.39, 0.29) is 11.9 Å². The number of nitrogens with zero attached hydrogens (tertiary/aromatic N) is 3. The number of hydrogen-bond donors (Lipinski definition) is 1. The molecule has 3 aromatic rings. The van der Waals surface area contributed by atoms with Crippen molar-refractivity contribution in [3.63, 3.8) is 0 Å². The average molecular weight is 485 g/mol. The van der Waals surface area contributed by atoms with Crippen LogP contribution in [-0.2, 0) is 4.74 Å². The van der Waals surface area contributed by atoms with Crippen molar-refractivity contribution in [3.05, 3.63) is 74.9 Å². The number of halogens is 2. The molecule has 1 N–H and O–H groups in total. The number of carbonyl (C=O) groups is 1. The molecule has 2 aliphatic rings. The van der Waals surface area contributed by atoms with E-state index in [1.807, 2.05) is 29.2 Å². The van der Waals surface area contributed by atoms with E-state index in [4.69, 9.17) is 27.9 Å². The summed E-state index contributed by atoms with van der Waals surface area (Å²) in [4.78, 5) is 17.8. The number of fused-ring (bicyclic) bond motifs is 1. The SMILES string of the molecule is Cc1ccc(-c2n[nH]c3c2C(c2ccc(Cl)c(Cl)c2)N(CCCN2CCOCC2)C3=O)cc1. The van der Waals surface area contributed by atoms with Gasteiger partial charge in [0.05, 0.1) is 35.0 Å². The van der Waals surface area contributed by atoms with E-state index in [1.54, 1.807) is 6.07 Å². The van der Waals surface area contributed by atoms with Gasteiger partial charge in [0, 0.05) is 37.3 Å². The van der Waals surface area contributed by atoms with Gasteiger partial charge >= 0.3 is 0 Å².